The van der Waals surface area contributed by atoms with Gasteiger partial charge in [-0.05, 0) is 29.8 Å². The highest BCUT2D eigenvalue weighted by molar-refractivity contribution is 6.11. The molecule has 0 aromatic heterocycles. The predicted octanol–water partition coefficient (Wildman–Crippen LogP) is 4.01. The highest BCUT2D eigenvalue weighted by Crippen LogP contribution is 2.36. The van der Waals surface area contributed by atoms with E-state index in [9.17, 15) is 19.7 Å². The van der Waals surface area contributed by atoms with Crippen molar-refractivity contribution >= 4 is 23.3 Å². The Balaban J connectivity index is 2.02. The Kier molecular flexibility index (Phi) is 8.23. The summed E-state index contributed by atoms with van der Waals surface area (Å²) in [5.74, 6) is -0.732. The molecule has 0 radical (unpaired) electrons. The van der Waals surface area contributed by atoms with Gasteiger partial charge in [0.15, 0.2) is 11.5 Å². The molecule has 3 rings (SSSR count). The van der Waals surface area contributed by atoms with Gasteiger partial charge in [0.25, 0.3) is 11.6 Å². The third kappa shape index (κ3) is 6.05. The molecule has 10 nitrogen and oxygen atoms in total. The number of methoxy groups -OCH3 is 3. The van der Waals surface area contributed by atoms with Crippen LogP contribution in [-0.2, 0) is 16.1 Å². The Hall–Kier alpha value is -4.60. The molecule has 35 heavy (non-hydrogen) atoms. The summed E-state index contributed by atoms with van der Waals surface area (Å²) in [6, 6.07) is 17.9. The van der Waals surface area contributed by atoms with E-state index < -0.39 is 29.0 Å². The van der Waals surface area contributed by atoms with E-state index in [-0.39, 0.29) is 23.7 Å². The highest BCUT2D eigenvalue weighted by atomic mass is 16.6. The third-order valence-electron chi connectivity index (χ3n) is 5.09. The summed E-state index contributed by atoms with van der Waals surface area (Å²) in [6.07, 6.45) is 0. The van der Waals surface area contributed by atoms with Crippen molar-refractivity contribution in [1.82, 2.24) is 0 Å². The molecule has 0 aliphatic carbocycles. The van der Waals surface area contributed by atoms with E-state index in [1.165, 1.54) is 27.4 Å². The Morgan fingerprint density at radius 1 is 0.914 bits per heavy atom. The smallest absolute Gasteiger partial charge is 0.325 e. The highest BCUT2D eigenvalue weighted by Gasteiger charge is 2.30. The molecule has 0 aliphatic rings. The molecule has 0 atom stereocenters. The summed E-state index contributed by atoms with van der Waals surface area (Å²) in [5, 5.41) is 11.9. The number of benzene rings is 3. The van der Waals surface area contributed by atoms with Crippen LogP contribution in [0.15, 0.2) is 66.7 Å². The van der Waals surface area contributed by atoms with E-state index in [1.807, 2.05) is 30.3 Å². The Morgan fingerprint density at radius 2 is 1.60 bits per heavy atom. The molecule has 0 aliphatic heterocycles. The molecular weight excluding hydrogens is 456 g/mol. The van der Waals surface area contributed by atoms with Crippen LogP contribution in [0.4, 0.5) is 11.4 Å². The lowest BCUT2D eigenvalue weighted by atomic mass is 10.1. The maximum atomic E-state index is 13.5. The monoisotopic (exact) mass is 480 g/mol. The van der Waals surface area contributed by atoms with Gasteiger partial charge in [0.2, 0.25) is 0 Å². The zero-order chi connectivity index (χ0) is 25.4. The second-order valence-corrected chi connectivity index (χ2v) is 7.22. The van der Waals surface area contributed by atoms with Gasteiger partial charge < -0.3 is 18.9 Å². The van der Waals surface area contributed by atoms with E-state index >= 15 is 0 Å². The average molecular weight is 480 g/mol. The minimum absolute atomic E-state index is 0.101. The number of amides is 1. The van der Waals surface area contributed by atoms with E-state index in [0.29, 0.717) is 11.4 Å². The second-order valence-electron chi connectivity index (χ2n) is 7.22. The van der Waals surface area contributed by atoms with Gasteiger partial charge in [0.1, 0.15) is 24.5 Å². The molecule has 0 saturated carbocycles. The number of esters is 1. The molecule has 0 fully saturated rings. The maximum Gasteiger partial charge on any atom is 0.325 e. The number of carbonyl (C=O) groups is 2. The van der Waals surface area contributed by atoms with Crippen LogP contribution < -0.4 is 19.1 Å². The van der Waals surface area contributed by atoms with Gasteiger partial charge in [-0.1, -0.05) is 30.3 Å². The summed E-state index contributed by atoms with van der Waals surface area (Å²) in [6.45, 7) is -0.324. The zero-order valence-electron chi connectivity index (χ0n) is 19.4. The first-order chi connectivity index (χ1) is 16.9. The minimum atomic E-state index is -0.792. The minimum Gasteiger partial charge on any atom is -0.497 e. The molecule has 0 N–H and O–H groups in total. The van der Waals surface area contributed by atoms with Crippen LogP contribution in [0.5, 0.6) is 17.2 Å². The Morgan fingerprint density at radius 3 is 2.17 bits per heavy atom. The number of anilines is 1. The summed E-state index contributed by atoms with van der Waals surface area (Å²) in [5.41, 5.74) is 0.390. The van der Waals surface area contributed by atoms with Crippen molar-refractivity contribution in [2.45, 2.75) is 6.61 Å². The lowest BCUT2D eigenvalue weighted by Gasteiger charge is -2.22. The van der Waals surface area contributed by atoms with E-state index in [0.717, 1.165) is 16.5 Å². The number of nitrogens with zero attached hydrogens (tertiary/aromatic N) is 2. The number of hydrogen-bond acceptors (Lipinski definition) is 8. The van der Waals surface area contributed by atoms with E-state index in [4.69, 9.17) is 18.9 Å². The molecule has 182 valence electrons. The van der Waals surface area contributed by atoms with Crippen LogP contribution in [0.1, 0.15) is 15.9 Å². The summed E-state index contributed by atoms with van der Waals surface area (Å²) in [4.78, 5) is 37.9. The third-order valence-corrected chi connectivity index (χ3v) is 5.09. The lowest BCUT2D eigenvalue weighted by Crippen LogP contribution is -2.36. The van der Waals surface area contributed by atoms with E-state index in [1.54, 1.807) is 24.3 Å². The van der Waals surface area contributed by atoms with Crippen molar-refractivity contribution in [2.24, 2.45) is 0 Å². The van der Waals surface area contributed by atoms with Crippen LogP contribution in [0, 0.1) is 10.1 Å². The number of nitro groups is 1. The molecule has 10 heteroatoms. The van der Waals surface area contributed by atoms with Crippen molar-refractivity contribution in [3.63, 3.8) is 0 Å². The van der Waals surface area contributed by atoms with Crippen LogP contribution in [-0.4, -0.2) is 44.7 Å². The fraction of sp³-hybridized carbons (Fsp3) is 0.200. The van der Waals surface area contributed by atoms with Gasteiger partial charge >= 0.3 is 5.97 Å². The summed E-state index contributed by atoms with van der Waals surface area (Å²) >= 11 is 0. The van der Waals surface area contributed by atoms with Crippen LogP contribution in [0.3, 0.4) is 0 Å². The Labute approximate surface area is 201 Å². The van der Waals surface area contributed by atoms with Gasteiger partial charge in [0.05, 0.1) is 32.3 Å². The molecule has 0 saturated heterocycles. The van der Waals surface area contributed by atoms with Crippen molar-refractivity contribution in [3.8, 4) is 17.2 Å². The van der Waals surface area contributed by atoms with Gasteiger partial charge in [0, 0.05) is 11.8 Å². The average Bonchev–Trinajstić information content (AvgIpc) is 2.90. The molecule has 0 unspecified atom stereocenters. The SMILES string of the molecule is COC(=O)CN(C(=O)c1cc(OC)c(OCc2ccccc2)cc1[N+](=O)[O-])c1ccc(OC)cc1. The summed E-state index contributed by atoms with van der Waals surface area (Å²) in [7, 11) is 4.04. The lowest BCUT2D eigenvalue weighted by molar-refractivity contribution is -0.385. The summed E-state index contributed by atoms with van der Waals surface area (Å²) < 4.78 is 20.9. The number of ether oxygens (including phenoxy) is 4. The van der Waals surface area contributed by atoms with Crippen molar-refractivity contribution in [1.29, 1.82) is 0 Å². The molecule has 3 aromatic carbocycles. The molecular formula is C25H24N2O8. The topological polar surface area (TPSA) is 117 Å². The molecule has 0 spiro atoms. The quantitative estimate of drug-likeness (QED) is 0.243. The van der Waals surface area contributed by atoms with Crippen LogP contribution in [0.2, 0.25) is 0 Å². The molecule has 1 amide bonds. The molecule has 3 aromatic rings. The first-order valence-corrected chi connectivity index (χ1v) is 10.4. The maximum absolute atomic E-state index is 13.5. The van der Waals surface area contributed by atoms with Crippen molar-refractivity contribution in [2.75, 3.05) is 32.8 Å². The van der Waals surface area contributed by atoms with Gasteiger partial charge in [-0.25, -0.2) is 0 Å². The number of hydrogen-bond donors (Lipinski definition) is 0. The number of carbonyl (C=O) groups excluding carboxylic acids is 2. The van der Waals surface area contributed by atoms with Crippen LogP contribution in [0.25, 0.3) is 0 Å². The van der Waals surface area contributed by atoms with Gasteiger partial charge in [-0.15, -0.1) is 0 Å². The first-order valence-electron chi connectivity index (χ1n) is 10.4. The fourth-order valence-electron chi connectivity index (χ4n) is 3.26. The normalized spacial score (nSPS) is 10.3. The van der Waals surface area contributed by atoms with Gasteiger partial charge in [-0.2, -0.15) is 0 Å². The fourth-order valence-corrected chi connectivity index (χ4v) is 3.26. The largest absolute Gasteiger partial charge is 0.497 e. The number of rotatable bonds is 10. The van der Waals surface area contributed by atoms with Crippen molar-refractivity contribution < 1.29 is 33.5 Å². The van der Waals surface area contributed by atoms with Crippen LogP contribution >= 0.6 is 0 Å². The van der Waals surface area contributed by atoms with Gasteiger partial charge in [-0.3, -0.25) is 24.6 Å². The number of nitro benzene ring substituents is 1. The molecule has 0 heterocycles. The van der Waals surface area contributed by atoms with E-state index in [2.05, 4.69) is 0 Å². The van der Waals surface area contributed by atoms with Crippen molar-refractivity contribution in [3.05, 3.63) is 88.0 Å². The zero-order valence-corrected chi connectivity index (χ0v) is 19.4. The first kappa shape index (κ1) is 25.0. The second kappa shape index (κ2) is 11.5. The molecule has 0 bridgehead atoms. The standard InChI is InChI=1S/C25H24N2O8/c1-32-19-11-9-18(10-12-19)26(15-24(28)34-3)25(29)20-13-22(33-2)23(14-21(20)27(30)31)35-16-17-7-5-4-6-8-17/h4-14H,15-16H2,1-3H3. The Bertz CT molecular complexity index is 1200. The predicted molar refractivity (Wildman–Crippen MR) is 127 cm³/mol.